The third-order valence-corrected chi connectivity index (χ3v) is 4.11. The van der Waals surface area contributed by atoms with Crippen LogP contribution in [0.2, 0.25) is 5.02 Å². The molecule has 2 fully saturated rings. The topological polar surface area (TPSA) is 38.9 Å². The zero-order chi connectivity index (χ0) is 9.76. The van der Waals surface area contributed by atoms with Crippen LogP contribution in [-0.4, -0.2) is 4.98 Å². The molecular weight excluding hydrogens is 196 g/mol. The molecule has 2 unspecified atom stereocenters. The van der Waals surface area contributed by atoms with E-state index in [1.165, 1.54) is 19.3 Å². The van der Waals surface area contributed by atoms with Gasteiger partial charge in [0, 0.05) is 6.20 Å². The van der Waals surface area contributed by atoms with Gasteiger partial charge < -0.3 is 5.73 Å². The van der Waals surface area contributed by atoms with Gasteiger partial charge in [-0.15, -0.1) is 0 Å². The molecule has 0 amide bonds. The Morgan fingerprint density at radius 3 is 2.79 bits per heavy atom. The first-order valence-electron chi connectivity index (χ1n) is 5.14. The van der Waals surface area contributed by atoms with Crippen molar-refractivity contribution in [3.05, 3.63) is 29.0 Å². The molecule has 0 spiro atoms. The van der Waals surface area contributed by atoms with E-state index in [1.807, 2.05) is 12.1 Å². The first kappa shape index (κ1) is 8.69. The van der Waals surface area contributed by atoms with E-state index < -0.39 is 0 Å². The van der Waals surface area contributed by atoms with E-state index in [2.05, 4.69) is 4.98 Å². The van der Waals surface area contributed by atoms with Crippen molar-refractivity contribution < 1.29 is 0 Å². The van der Waals surface area contributed by atoms with Crippen LogP contribution in [0.15, 0.2) is 18.3 Å². The van der Waals surface area contributed by atoms with Crippen molar-refractivity contribution in [3.8, 4) is 0 Å². The van der Waals surface area contributed by atoms with Crippen molar-refractivity contribution in [2.75, 3.05) is 0 Å². The fourth-order valence-corrected chi connectivity index (χ4v) is 3.34. The highest BCUT2D eigenvalue weighted by atomic mass is 35.5. The molecule has 0 radical (unpaired) electrons. The molecule has 0 aromatic carbocycles. The van der Waals surface area contributed by atoms with Gasteiger partial charge in [-0.05, 0) is 36.8 Å². The molecule has 2 atom stereocenters. The van der Waals surface area contributed by atoms with Gasteiger partial charge in [-0.1, -0.05) is 18.0 Å². The maximum Gasteiger partial charge on any atom is 0.0794 e. The Kier molecular flexibility index (Phi) is 1.68. The van der Waals surface area contributed by atoms with Crippen LogP contribution in [0.5, 0.6) is 0 Å². The van der Waals surface area contributed by atoms with E-state index in [-0.39, 0.29) is 5.54 Å². The molecule has 2 saturated carbocycles. The second kappa shape index (κ2) is 2.71. The molecular formula is C11H13ClN2. The molecule has 14 heavy (non-hydrogen) atoms. The molecule has 1 aromatic rings. The van der Waals surface area contributed by atoms with Gasteiger partial charge in [-0.2, -0.15) is 0 Å². The first-order chi connectivity index (χ1) is 6.74. The van der Waals surface area contributed by atoms with Gasteiger partial charge >= 0.3 is 0 Å². The van der Waals surface area contributed by atoms with Crippen molar-refractivity contribution in [1.29, 1.82) is 0 Å². The number of halogens is 1. The Morgan fingerprint density at radius 2 is 2.14 bits per heavy atom. The third-order valence-electron chi connectivity index (χ3n) is 3.80. The molecule has 3 rings (SSSR count). The number of rotatable bonds is 1. The monoisotopic (exact) mass is 208 g/mol. The predicted octanol–water partition coefficient (Wildman–Crippen LogP) is 2.32. The lowest BCUT2D eigenvalue weighted by molar-refractivity contribution is 0.514. The molecule has 0 aliphatic heterocycles. The summed E-state index contributed by atoms with van der Waals surface area (Å²) in [6.45, 7) is 0. The van der Waals surface area contributed by atoms with Gasteiger partial charge in [0.2, 0.25) is 0 Å². The van der Waals surface area contributed by atoms with E-state index in [4.69, 9.17) is 17.3 Å². The highest BCUT2D eigenvalue weighted by Gasteiger charge is 2.65. The number of nitrogens with zero attached hydrogens (tertiary/aromatic N) is 1. The standard InChI is InChI=1S/C11H13ClN2/c12-9-5-2-6-14-10(9)11(13)7-3-1-4-8(7)11/h2,5-8H,1,3-4,13H2. The number of hydrogen-bond acceptors (Lipinski definition) is 2. The number of fused-ring (bicyclic) bond motifs is 1. The molecule has 3 heteroatoms. The SMILES string of the molecule is NC1(c2ncccc2Cl)C2CCCC21. The summed E-state index contributed by atoms with van der Waals surface area (Å²) in [6.07, 6.45) is 5.59. The smallest absolute Gasteiger partial charge is 0.0794 e. The van der Waals surface area contributed by atoms with Gasteiger partial charge in [-0.25, -0.2) is 0 Å². The summed E-state index contributed by atoms with van der Waals surface area (Å²) in [4.78, 5) is 4.34. The first-order valence-corrected chi connectivity index (χ1v) is 5.52. The number of nitrogens with two attached hydrogens (primary N) is 1. The molecule has 74 valence electrons. The summed E-state index contributed by atoms with van der Waals surface area (Å²) in [5.74, 6) is 1.27. The van der Waals surface area contributed by atoms with Crippen molar-refractivity contribution >= 4 is 11.6 Å². The van der Waals surface area contributed by atoms with Gasteiger partial charge in [0.15, 0.2) is 0 Å². The maximum atomic E-state index is 6.37. The Balaban J connectivity index is 2.01. The van der Waals surface area contributed by atoms with Crippen LogP contribution in [0.25, 0.3) is 0 Å². The fourth-order valence-electron chi connectivity index (χ4n) is 3.06. The van der Waals surface area contributed by atoms with Crippen LogP contribution >= 0.6 is 11.6 Å². The minimum absolute atomic E-state index is 0.198. The van der Waals surface area contributed by atoms with Crippen LogP contribution < -0.4 is 5.73 Å². The average molecular weight is 209 g/mol. The van der Waals surface area contributed by atoms with Crippen molar-refractivity contribution in [2.45, 2.75) is 24.8 Å². The summed E-state index contributed by atoms with van der Waals surface area (Å²) < 4.78 is 0. The van der Waals surface area contributed by atoms with Crippen LogP contribution in [-0.2, 0) is 5.54 Å². The number of hydrogen-bond donors (Lipinski definition) is 1. The van der Waals surface area contributed by atoms with Gasteiger partial charge in [0.1, 0.15) is 0 Å². The number of aromatic nitrogens is 1. The van der Waals surface area contributed by atoms with Gasteiger partial charge in [-0.3, -0.25) is 4.98 Å². The largest absolute Gasteiger partial charge is 0.320 e. The summed E-state index contributed by atoms with van der Waals surface area (Å²) in [7, 11) is 0. The molecule has 0 bridgehead atoms. The molecule has 2 nitrogen and oxygen atoms in total. The normalized spacial score (nSPS) is 39.6. The lowest BCUT2D eigenvalue weighted by atomic mass is 10.0. The minimum atomic E-state index is -0.198. The summed E-state index contributed by atoms with van der Waals surface area (Å²) in [5.41, 5.74) is 7.09. The van der Waals surface area contributed by atoms with Crippen molar-refractivity contribution in [2.24, 2.45) is 17.6 Å². The Bertz CT molecular complexity index is 367. The van der Waals surface area contributed by atoms with Crippen molar-refractivity contribution in [3.63, 3.8) is 0 Å². The average Bonchev–Trinajstić information content (AvgIpc) is 2.63. The summed E-state index contributed by atoms with van der Waals surface area (Å²) in [6, 6.07) is 3.74. The van der Waals surface area contributed by atoms with Gasteiger partial charge in [0.25, 0.3) is 0 Å². The van der Waals surface area contributed by atoms with Crippen LogP contribution in [0.1, 0.15) is 25.0 Å². The highest BCUT2D eigenvalue weighted by Crippen LogP contribution is 2.64. The van der Waals surface area contributed by atoms with E-state index >= 15 is 0 Å². The van der Waals surface area contributed by atoms with E-state index in [0.29, 0.717) is 11.8 Å². The lowest BCUT2D eigenvalue weighted by Gasteiger charge is -2.15. The Labute approximate surface area is 88.5 Å². The molecule has 2 aliphatic rings. The fraction of sp³-hybridized carbons (Fsp3) is 0.545. The predicted molar refractivity (Wildman–Crippen MR) is 55.9 cm³/mol. The van der Waals surface area contributed by atoms with Crippen LogP contribution in [0.4, 0.5) is 0 Å². The highest BCUT2D eigenvalue weighted by molar-refractivity contribution is 6.31. The maximum absolute atomic E-state index is 6.37. The molecule has 1 aromatic heterocycles. The second-order valence-corrected chi connectivity index (χ2v) is 4.82. The zero-order valence-electron chi connectivity index (χ0n) is 7.91. The number of pyridine rings is 1. The minimum Gasteiger partial charge on any atom is -0.320 e. The molecule has 0 saturated heterocycles. The Morgan fingerprint density at radius 1 is 1.43 bits per heavy atom. The van der Waals surface area contributed by atoms with Gasteiger partial charge in [0.05, 0.1) is 16.3 Å². The lowest BCUT2D eigenvalue weighted by Crippen LogP contribution is -2.27. The molecule has 1 heterocycles. The summed E-state index contributed by atoms with van der Waals surface area (Å²) >= 11 is 6.12. The third kappa shape index (κ3) is 0.931. The van der Waals surface area contributed by atoms with Crippen LogP contribution in [0, 0.1) is 11.8 Å². The van der Waals surface area contributed by atoms with E-state index in [9.17, 15) is 0 Å². The molecule has 2 aliphatic carbocycles. The van der Waals surface area contributed by atoms with E-state index in [0.717, 1.165) is 10.7 Å². The van der Waals surface area contributed by atoms with Crippen LogP contribution in [0.3, 0.4) is 0 Å². The quantitative estimate of drug-likeness (QED) is 0.770. The second-order valence-electron chi connectivity index (χ2n) is 4.41. The summed E-state index contributed by atoms with van der Waals surface area (Å²) in [5, 5.41) is 0.726. The van der Waals surface area contributed by atoms with E-state index in [1.54, 1.807) is 6.20 Å². The Hall–Kier alpha value is -0.600. The molecule has 2 N–H and O–H groups in total. The van der Waals surface area contributed by atoms with Crippen molar-refractivity contribution in [1.82, 2.24) is 4.98 Å². The zero-order valence-corrected chi connectivity index (χ0v) is 8.67.